The van der Waals surface area contributed by atoms with Gasteiger partial charge < -0.3 is 10.2 Å². The molecule has 0 spiro atoms. The fourth-order valence-electron chi connectivity index (χ4n) is 1.76. The van der Waals surface area contributed by atoms with Crippen LogP contribution in [0.2, 0.25) is 0 Å². The minimum Gasteiger partial charge on any atom is -0.343 e. The van der Waals surface area contributed by atoms with Crippen LogP contribution in [0.3, 0.4) is 0 Å². The molecule has 1 N–H and O–H groups in total. The van der Waals surface area contributed by atoms with Crippen LogP contribution in [0.15, 0.2) is 0 Å². The summed E-state index contributed by atoms with van der Waals surface area (Å²) in [5.41, 5.74) is 0. The summed E-state index contributed by atoms with van der Waals surface area (Å²) in [6.45, 7) is 6.33. The molecule has 0 saturated carbocycles. The van der Waals surface area contributed by atoms with E-state index in [1.54, 1.807) is 18.7 Å². The number of nitrogens with one attached hydrogen (secondary N) is 1. The van der Waals surface area contributed by atoms with Crippen molar-refractivity contribution in [2.75, 3.05) is 18.1 Å². The van der Waals surface area contributed by atoms with Crippen LogP contribution in [-0.2, 0) is 9.59 Å². The van der Waals surface area contributed by atoms with Gasteiger partial charge in [-0.25, -0.2) is 0 Å². The van der Waals surface area contributed by atoms with E-state index in [1.807, 2.05) is 11.8 Å². The van der Waals surface area contributed by atoms with Crippen LogP contribution in [0.5, 0.6) is 0 Å². The van der Waals surface area contributed by atoms with Crippen LogP contribution in [0.1, 0.15) is 27.2 Å². The van der Waals surface area contributed by atoms with Gasteiger partial charge in [0.15, 0.2) is 0 Å². The molecule has 92 valence electrons. The first-order valence-corrected chi connectivity index (χ1v) is 6.92. The average molecular weight is 244 g/mol. The lowest BCUT2D eigenvalue weighted by atomic mass is 10.1. The number of rotatable bonds is 5. The predicted molar refractivity (Wildman–Crippen MR) is 66.4 cm³/mol. The maximum atomic E-state index is 11.8. The van der Waals surface area contributed by atoms with Gasteiger partial charge in [0.05, 0.1) is 0 Å². The molecule has 0 aromatic carbocycles. The quantitative estimate of drug-likeness (QED) is 0.730. The Hall–Kier alpha value is -0.710. The number of hydrogen-bond acceptors (Lipinski definition) is 3. The molecule has 1 heterocycles. The van der Waals surface area contributed by atoms with Crippen molar-refractivity contribution in [1.82, 2.24) is 10.2 Å². The molecule has 5 heteroatoms. The van der Waals surface area contributed by atoms with E-state index < -0.39 is 0 Å². The van der Waals surface area contributed by atoms with Crippen molar-refractivity contribution in [2.24, 2.45) is 0 Å². The van der Waals surface area contributed by atoms with Gasteiger partial charge in [-0.2, -0.15) is 11.8 Å². The molecule has 16 heavy (non-hydrogen) atoms. The molecule has 2 unspecified atom stereocenters. The molecule has 0 aromatic rings. The van der Waals surface area contributed by atoms with Crippen molar-refractivity contribution in [3.8, 4) is 0 Å². The van der Waals surface area contributed by atoms with Gasteiger partial charge in [0.2, 0.25) is 11.8 Å². The molecule has 4 nitrogen and oxygen atoms in total. The molecule has 1 aliphatic rings. The smallest absolute Gasteiger partial charge is 0.245 e. The van der Waals surface area contributed by atoms with Gasteiger partial charge in [-0.1, -0.05) is 6.92 Å². The molecular weight excluding hydrogens is 224 g/mol. The second-order valence-corrected chi connectivity index (χ2v) is 5.38. The number of piperazine rings is 1. The molecule has 0 radical (unpaired) electrons. The third kappa shape index (κ3) is 3.14. The largest absolute Gasteiger partial charge is 0.343 e. The van der Waals surface area contributed by atoms with E-state index in [1.165, 1.54) is 0 Å². The lowest BCUT2D eigenvalue weighted by Gasteiger charge is -2.36. The summed E-state index contributed by atoms with van der Waals surface area (Å²) in [7, 11) is 0. The number of hydrogen-bond donors (Lipinski definition) is 1. The summed E-state index contributed by atoms with van der Waals surface area (Å²) < 4.78 is 0. The van der Waals surface area contributed by atoms with Crippen LogP contribution in [0.4, 0.5) is 0 Å². The number of nitrogens with zero attached hydrogens (tertiary/aromatic N) is 1. The molecule has 1 rings (SSSR count). The Balaban J connectivity index is 2.47. The van der Waals surface area contributed by atoms with Crippen molar-refractivity contribution in [2.45, 2.75) is 39.3 Å². The monoisotopic (exact) mass is 244 g/mol. The Morgan fingerprint density at radius 3 is 2.69 bits per heavy atom. The fraction of sp³-hybridized carbons (Fsp3) is 0.818. The van der Waals surface area contributed by atoms with Crippen molar-refractivity contribution >= 4 is 23.6 Å². The summed E-state index contributed by atoms with van der Waals surface area (Å²) in [6, 6.07) is -0.696. The summed E-state index contributed by atoms with van der Waals surface area (Å²) in [5.74, 6) is 2.13. The molecule has 2 atom stereocenters. The van der Waals surface area contributed by atoms with Crippen LogP contribution >= 0.6 is 11.8 Å². The van der Waals surface area contributed by atoms with Gasteiger partial charge in [0, 0.05) is 6.54 Å². The van der Waals surface area contributed by atoms with E-state index in [-0.39, 0.29) is 23.9 Å². The van der Waals surface area contributed by atoms with Gasteiger partial charge in [-0.15, -0.1) is 0 Å². The summed E-state index contributed by atoms with van der Waals surface area (Å²) in [4.78, 5) is 25.1. The molecule has 0 aliphatic carbocycles. The Kier molecular flexibility index (Phi) is 5.12. The molecule has 1 saturated heterocycles. The highest BCUT2D eigenvalue weighted by Crippen LogP contribution is 2.11. The normalized spacial score (nSPS) is 25.8. The van der Waals surface area contributed by atoms with E-state index in [2.05, 4.69) is 12.2 Å². The first-order valence-electron chi connectivity index (χ1n) is 5.76. The second-order valence-electron chi connectivity index (χ2n) is 3.99. The molecule has 0 bridgehead atoms. The van der Waals surface area contributed by atoms with E-state index >= 15 is 0 Å². The number of thioether (sulfide) groups is 1. The zero-order valence-corrected chi connectivity index (χ0v) is 11.0. The summed E-state index contributed by atoms with van der Waals surface area (Å²) in [6.07, 6.45) is 0.953. The van der Waals surface area contributed by atoms with Gasteiger partial charge in [0.1, 0.15) is 12.1 Å². The van der Waals surface area contributed by atoms with Crippen LogP contribution in [0, 0.1) is 0 Å². The van der Waals surface area contributed by atoms with E-state index in [0.717, 1.165) is 17.9 Å². The highest BCUT2D eigenvalue weighted by Gasteiger charge is 2.34. The molecule has 1 aliphatic heterocycles. The predicted octanol–water partition coefficient (Wildman–Crippen LogP) is 0.865. The minimum absolute atomic E-state index is 0.0357. The number of carbonyl (C=O) groups is 2. The summed E-state index contributed by atoms with van der Waals surface area (Å²) >= 11 is 1.86. The van der Waals surface area contributed by atoms with Crippen molar-refractivity contribution in [3.63, 3.8) is 0 Å². The number of amides is 2. The Morgan fingerprint density at radius 1 is 1.38 bits per heavy atom. The lowest BCUT2D eigenvalue weighted by Crippen LogP contribution is -2.61. The van der Waals surface area contributed by atoms with Crippen LogP contribution in [-0.4, -0.2) is 46.8 Å². The van der Waals surface area contributed by atoms with Gasteiger partial charge in [-0.05, 0) is 31.8 Å². The van der Waals surface area contributed by atoms with Gasteiger partial charge in [0.25, 0.3) is 0 Å². The van der Waals surface area contributed by atoms with Crippen molar-refractivity contribution in [1.29, 1.82) is 0 Å². The first-order chi connectivity index (χ1) is 7.57. The first kappa shape index (κ1) is 13.4. The Morgan fingerprint density at radius 2 is 2.06 bits per heavy atom. The molecular formula is C11H20N2O2S. The van der Waals surface area contributed by atoms with E-state index in [9.17, 15) is 9.59 Å². The lowest BCUT2D eigenvalue weighted by molar-refractivity contribution is -0.148. The Bertz CT molecular complexity index is 271. The number of carbonyl (C=O) groups excluding carboxylic acids is 2. The zero-order chi connectivity index (χ0) is 12.1. The molecule has 0 aromatic heterocycles. The van der Waals surface area contributed by atoms with E-state index in [0.29, 0.717) is 6.54 Å². The summed E-state index contributed by atoms with van der Waals surface area (Å²) in [5, 5.41) is 2.67. The topological polar surface area (TPSA) is 49.4 Å². The maximum absolute atomic E-state index is 11.8. The van der Waals surface area contributed by atoms with Crippen molar-refractivity contribution < 1.29 is 9.59 Å². The average Bonchev–Trinajstić information content (AvgIpc) is 2.25. The SMILES string of the molecule is CCSCCCN1C(=O)C(C)NC(=O)C1C. The van der Waals surface area contributed by atoms with Gasteiger partial charge >= 0.3 is 0 Å². The van der Waals surface area contributed by atoms with Crippen LogP contribution in [0.25, 0.3) is 0 Å². The zero-order valence-electron chi connectivity index (χ0n) is 10.2. The van der Waals surface area contributed by atoms with Crippen molar-refractivity contribution in [3.05, 3.63) is 0 Å². The third-order valence-electron chi connectivity index (χ3n) is 2.75. The highest BCUT2D eigenvalue weighted by molar-refractivity contribution is 7.99. The maximum Gasteiger partial charge on any atom is 0.245 e. The van der Waals surface area contributed by atoms with E-state index in [4.69, 9.17) is 0 Å². The third-order valence-corrected chi connectivity index (χ3v) is 3.74. The highest BCUT2D eigenvalue weighted by atomic mass is 32.2. The molecule has 2 amide bonds. The standard InChI is InChI=1S/C11H20N2O2S/c1-4-16-7-5-6-13-9(3)10(14)12-8(2)11(13)15/h8-9H,4-7H2,1-3H3,(H,12,14). The Labute approximate surface area is 101 Å². The second kappa shape index (κ2) is 6.13. The molecule has 1 fully saturated rings. The van der Waals surface area contributed by atoms with Gasteiger partial charge in [-0.3, -0.25) is 9.59 Å². The van der Waals surface area contributed by atoms with Crippen LogP contribution < -0.4 is 5.32 Å². The minimum atomic E-state index is -0.373. The fourth-order valence-corrected chi connectivity index (χ4v) is 2.38.